The molecule has 2 N–H and O–H groups in total. The van der Waals surface area contributed by atoms with Gasteiger partial charge >= 0.3 is 6.18 Å². The molecule has 0 bridgehead atoms. The number of rotatable bonds is 6. The Morgan fingerprint density at radius 3 is 2.24 bits per heavy atom. The van der Waals surface area contributed by atoms with Gasteiger partial charge in [0, 0.05) is 40.9 Å². The van der Waals surface area contributed by atoms with Crippen molar-refractivity contribution in [3.63, 3.8) is 0 Å². The third-order valence-corrected chi connectivity index (χ3v) is 3.47. The molecule has 0 fully saturated rings. The van der Waals surface area contributed by atoms with Gasteiger partial charge in [0.25, 0.3) is 3.91 Å². The molecule has 0 aliphatic heterocycles. The lowest BCUT2D eigenvalue weighted by molar-refractivity contribution is -0.137. The van der Waals surface area contributed by atoms with E-state index in [0.717, 1.165) is 12.1 Å². The molecule has 7 heteroatoms. The van der Waals surface area contributed by atoms with Crippen LogP contribution < -0.4 is 10.6 Å². The first-order valence-corrected chi connectivity index (χ1v) is 7.65. The van der Waals surface area contributed by atoms with Gasteiger partial charge in [-0.1, -0.05) is 13.8 Å². The number of carbonyl (C=O) groups is 1. The second-order valence-electron chi connectivity index (χ2n) is 5.06. The smallest absolute Gasteiger partial charge is 0.382 e. The molecule has 3 nitrogen and oxygen atoms in total. The molecule has 0 spiro atoms. The summed E-state index contributed by atoms with van der Waals surface area (Å²) >= 11 is 1.66. The number of hydrogen-bond acceptors (Lipinski definition) is 2. The van der Waals surface area contributed by atoms with Crippen molar-refractivity contribution in [1.82, 2.24) is 5.32 Å². The Hall–Kier alpha value is -0.990. The number of hydrogen-bond donors (Lipinski definition) is 2. The van der Waals surface area contributed by atoms with Gasteiger partial charge in [0.15, 0.2) is 0 Å². The van der Waals surface area contributed by atoms with Gasteiger partial charge in [-0.2, -0.15) is 13.2 Å². The first kappa shape index (κ1) is 18.1. The van der Waals surface area contributed by atoms with Gasteiger partial charge in [0.05, 0.1) is 5.56 Å². The Kier molecular flexibility index (Phi) is 6.76. The first-order valence-electron chi connectivity index (χ1n) is 6.57. The maximum absolute atomic E-state index is 12.5. The highest BCUT2D eigenvalue weighted by Crippen LogP contribution is 2.30. The quantitative estimate of drug-likeness (QED) is 0.404. The second-order valence-corrected chi connectivity index (χ2v) is 6.04. The third kappa shape index (κ3) is 6.54. The predicted octanol–water partition coefficient (Wildman–Crippen LogP) is 4.68. The van der Waals surface area contributed by atoms with Gasteiger partial charge in [-0.25, -0.2) is 0 Å². The van der Waals surface area contributed by atoms with Crippen molar-refractivity contribution in [2.24, 2.45) is 5.92 Å². The number of anilines is 1. The van der Waals surface area contributed by atoms with Crippen LogP contribution in [0.3, 0.4) is 0 Å². The maximum atomic E-state index is 12.5. The molecule has 0 saturated carbocycles. The SMILES string of the molecule is CC(C)C(CCNC(=O)I)Nc1ccc(C(F)(F)F)cc1. The fourth-order valence-corrected chi connectivity index (χ4v) is 2.14. The average molecular weight is 414 g/mol. The summed E-state index contributed by atoms with van der Waals surface area (Å²) in [5, 5.41) is 5.91. The molecule has 0 aliphatic rings. The number of nitrogens with one attached hydrogen (secondary N) is 2. The molecule has 118 valence electrons. The van der Waals surface area contributed by atoms with Crippen LogP contribution in [0.15, 0.2) is 24.3 Å². The van der Waals surface area contributed by atoms with Crippen molar-refractivity contribution in [2.75, 3.05) is 11.9 Å². The van der Waals surface area contributed by atoms with Crippen LogP contribution >= 0.6 is 22.6 Å². The average Bonchev–Trinajstić information content (AvgIpc) is 2.36. The van der Waals surface area contributed by atoms with E-state index in [4.69, 9.17) is 0 Å². The first-order chi connectivity index (χ1) is 9.70. The van der Waals surface area contributed by atoms with Crippen LogP contribution in [-0.4, -0.2) is 16.5 Å². The second kappa shape index (κ2) is 7.86. The zero-order valence-corrected chi connectivity index (χ0v) is 14.0. The van der Waals surface area contributed by atoms with Gasteiger partial charge in [-0.15, -0.1) is 0 Å². The minimum absolute atomic E-state index is 0.0741. The van der Waals surface area contributed by atoms with Crippen molar-refractivity contribution in [3.8, 4) is 0 Å². The lowest BCUT2D eigenvalue weighted by Gasteiger charge is -2.24. The van der Waals surface area contributed by atoms with Crippen molar-refractivity contribution in [1.29, 1.82) is 0 Å². The van der Waals surface area contributed by atoms with E-state index in [-0.39, 0.29) is 9.96 Å². The molecule has 0 saturated heterocycles. The van der Waals surface area contributed by atoms with Crippen molar-refractivity contribution in [2.45, 2.75) is 32.5 Å². The predicted molar refractivity (Wildman–Crippen MR) is 85.7 cm³/mol. The molecule has 1 atom stereocenters. The number of amides is 1. The van der Waals surface area contributed by atoms with Crippen molar-refractivity contribution < 1.29 is 18.0 Å². The maximum Gasteiger partial charge on any atom is 0.416 e. The molecule has 1 unspecified atom stereocenters. The van der Waals surface area contributed by atoms with Gasteiger partial charge in [0.1, 0.15) is 0 Å². The van der Waals surface area contributed by atoms with E-state index in [1.54, 1.807) is 22.6 Å². The van der Waals surface area contributed by atoms with Crippen LogP contribution in [0.2, 0.25) is 0 Å². The Bertz CT molecular complexity index is 460. The van der Waals surface area contributed by atoms with Gasteiger partial charge in [-0.3, -0.25) is 4.79 Å². The molecule has 1 amide bonds. The highest BCUT2D eigenvalue weighted by atomic mass is 127. The minimum Gasteiger partial charge on any atom is -0.382 e. The molecule has 0 aromatic heterocycles. The van der Waals surface area contributed by atoms with E-state index < -0.39 is 11.7 Å². The van der Waals surface area contributed by atoms with Crippen LogP contribution in [0.25, 0.3) is 0 Å². The van der Waals surface area contributed by atoms with E-state index in [2.05, 4.69) is 10.6 Å². The van der Waals surface area contributed by atoms with Gasteiger partial charge < -0.3 is 10.6 Å². The summed E-state index contributed by atoms with van der Waals surface area (Å²) in [5.41, 5.74) is -0.0196. The number of alkyl halides is 3. The highest BCUT2D eigenvalue weighted by Gasteiger charge is 2.30. The molecule has 1 aromatic carbocycles. The normalized spacial score (nSPS) is 13.1. The molecular weight excluding hydrogens is 396 g/mol. The lowest BCUT2D eigenvalue weighted by atomic mass is 10.0. The fraction of sp³-hybridized carbons (Fsp3) is 0.500. The molecule has 0 aliphatic carbocycles. The molecule has 1 rings (SSSR count). The third-order valence-electron chi connectivity index (χ3n) is 3.09. The summed E-state index contributed by atoms with van der Waals surface area (Å²) in [6.45, 7) is 4.57. The zero-order valence-electron chi connectivity index (χ0n) is 11.8. The van der Waals surface area contributed by atoms with E-state index in [1.165, 1.54) is 12.1 Å². The summed E-state index contributed by atoms with van der Waals surface area (Å²) in [4.78, 5) is 10.8. The Labute approximate surface area is 135 Å². The van der Waals surface area contributed by atoms with Crippen molar-refractivity contribution >= 4 is 32.2 Å². The van der Waals surface area contributed by atoms with Gasteiger partial charge in [0.2, 0.25) is 0 Å². The minimum atomic E-state index is -4.32. The highest BCUT2D eigenvalue weighted by molar-refractivity contribution is 14.1. The summed E-state index contributed by atoms with van der Waals surface area (Å²) < 4.78 is 37.4. The number of benzene rings is 1. The lowest BCUT2D eigenvalue weighted by Crippen LogP contribution is -2.31. The molecule has 0 heterocycles. The van der Waals surface area contributed by atoms with Crippen LogP contribution in [-0.2, 0) is 6.18 Å². The Balaban J connectivity index is 2.64. The zero-order chi connectivity index (χ0) is 16.0. The standard InChI is InChI=1S/C14H18F3IN2O/c1-9(2)12(7-8-19-13(18)21)20-11-5-3-10(4-6-11)14(15,16)17/h3-6,9,12,20H,7-8H2,1-2H3,(H,19,21). The molecular formula is C14H18F3IN2O. The monoisotopic (exact) mass is 414 g/mol. The largest absolute Gasteiger partial charge is 0.416 e. The van der Waals surface area contributed by atoms with E-state index in [1.807, 2.05) is 13.8 Å². The molecule has 0 radical (unpaired) electrons. The summed E-state index contributed by atoms with van der Waals surface area (Å²) in [6.07, 6.45) is -3.62. The summed E-state index contributed by atoms with van der Waals surface area (Å²) in [5.74, 6) is 0.290. The Morgan fingerprint density at radius 1 is 1.24 bits per heavy atom. The number of carbonyl (C=O) groups excluding carboxylic acids is 1. The molecule has 1 aromatic rings. The fourth-order valence-electron chi connectivity index (χ4n) is 1.87. The van der Waals surface area contributed by atoms with Gasteiger partial charge in [-0.05, 0) is 36.6 Å². The van der Waals surface area contributed by atoms with Crippen molar-refractivity contribution in [3.05, 3.63) is 29.8 Å². The van der Waals surface area contributed by atoms with Crippen LogP contribution in [0.4, 0.5) is 23.7 Å². The van der Waals surface area contributed by atoms with Crippen LogP contribution in [0, 0.1) is 5.92 Å². The Morgan fingerprint density at radius 2 is 1.81 bits per heavy atom. The van der Waals surface area contributed by atoms with E-state index in [9.17, 15) is 18.0 Å². The van der Waals surface area contributed by atoms with Crippen LogP contribution in [0.5, 0.6) is 0 Å². The number of halogens is 4. The summed E-state index contributed by atoms with van der Waals surface area (Å²) in [7, 11) is 0. The topological polar surface area (TPSA) is 41.1 Å². The van der Waals surface area contributed by atoms with E-state index >= 15 is 0 Å². The molecule has 21 heavy (non-hydrogen) atoms. The van der Waals surface area contributed by atoms with Crippen LogP contribution in [0.1, 0.15) is 25.8 Å². The summed E-state index contributed by atoms with van der Waals surface area (Å²) in [6, 6.07) is 5.05. The van der Waals surface area contributed by atoms with E-state index in [0.29, 0.717) is 24.6 Å².